The number of carbonyl (C=O) groups excluding carboxylic acids is 2. The summed E-state index contributed by atoms with van der Waals surface area (Å²) in [7, 11) is 1.60. The van der Waals surface area contributed by atoms with Crippen molar-refractivity contribution in [2.24, 2.45) is 5.92 Å². The largest absolute Gasteiger partial charge is 0.355 e. The number of hydrogen-bond acceptors (Lipinski definition) is 2. The Bertz CT molecular complexity index is 537. The van der Waals surface area contributed by atoms with Crippen LogP contribution in [-0.2, 0) is 4.79 Å². The Labute approximate surface area is 113 Å². The molecule has 0 spiro atoms. The van der Waals surface area contributed by atoms with Gasteiger partial charge >= 0.3 is 0 Å². The lowest BCUT2D eigenvalue weighted by Gasteiger charge is -2.20. The first-order chi connectivity index (χ1) is 9.08. The molecule has 0 bridgehead atoms. The van der Waals surface area contributed by atoms with Crippen LogP contribution < -0.4 is 10.2 Å². The van der Waals surface area contributed by atoms with E-state index in [-0.39, 0.29) is 17.7 Å². The van der Waals surface area contributed by atoms with Crippen molar-refractivity contribution in [1.29, 1.82) is 0 Å². The van der Waals surface area contributed by atoms with Crippen LogP contribution in [0.3, 0.4) is 0 Å². The number of nitrogens with one attached hydrogen (secondary N) is 1. The Morgan fingerprint density at radius 1 is 1.53 bits per heavy atom. The second-order valence-corrected chi connectivity index (χ2v) is 4.73. The van der Waals surface area contributed by atoms with E-state index in [9.17, 15) is 9.59 Å². The zero-order valence-corrected chi connectivity index (χ0v) is 11.3. The van der Waals surface area contributed by atoms with E-state index >= 15 is 0 Å². The van der Waals surface area contributed by atoms with Crippen LogP contribution in [0, 0.1) is 12.8 Å². The highest BCUT2D eigenvalue weighted by molar-refractivity contribution is 6.01. The molecule has 1 aliphatic heterocycles. The number of anilines is 1. The number of nitrogens with zero attached hydrogens (tertiary/aromatic N) is 1. The van der Waals surface area contributed by atoms with E-state index in [2.05, 4.69) is 11.9 Å². The van der Waals surface area contributed by atoms with Crippen LogP contribution in [0.25, 0.3) is 0 Å². The van der Waals surface area contributed by atoms with Gasteiger partial charge < -0.3 is 10.2 Å². The molecule has 1 N–H and O–H groups in total. The van der Waals surface area contributed by atoms with Gasteiger partial charge in [-0.15, -0.1) is 6.58 Å². The smallest absolute Gasteiger partial charge is 0.251 e. The third kappa shape index (κ3) is 2.38. The first-order valence-electron chi connectivity index (χ1n) is 6.33. The minimum absolute atomic E-state index is 0.0852. The molecule has 1 aromatic carbocycles. The molecule has 1 aromatic rings. The Morgan fingerprint density at radius 3 is 2.84 bits per heavy atom. The molecule has 2 rings (SSSR count). The topological polar surface area (TPSA) is 49.4 Å². The summed E-state index contributed by atoms with van der Waals surface area (Å²) in [6.07, 6.45) is 2.31. The van der Waals surface area contributed by atoms with Crippen molar-refractivity contribution >= 4 is 17.5 Å². The van der Waals surface area contributed by atoms with Gasteiger partial charge in [-0.2, -0.15) is 0 Å². The van der Waals surface area contributed by atoms with Gasteiger partial charge in [-0.05, 0) is 24.6 Å². The maximum atomic E-state index is 12.0. The summed E-state index contributed by atoms with van der Waals surface area (Å²) < 4.78 is 0. The molecule has 1 aliphatic rings. The van der Waals surface area contributed by atoms with Crippen LogP contribution in [0.1, 0.15) is 22.3 Å². The van der Waals surface area contributed by atoms with Gasteiger partial charge in [0.2, 0.25) is 5.91 Å². The van der Waals surface area contributed by atoms with Crippen molar-refractivity contribution in [3.05, 3.63) is 42.0 Å². The van der Waals surface area contributed by atoms with Crippen LogP contribution in [0.5, 0.6) is 0 Å². The minimum atomic E-state index is -0.133. The standard InChI is InChI=1S/C15H18N2O2/c1-4-11-8-14(18)17(9-11)13-7-5-6-12(10(13)2)15(19)16-3/h4-7,11H,1,8-9H2,2-3H3,(H,16,19). The Kier molecular flexibility index (Phi) is 3.69. The van der Waals surface area contributed by atoms with E-state index in [1.807, 2.05) is 19.1 Å². The van der Waals surface area contributed by atoms with E-state index in [1.165, 1.54) is 0 Å². The molecule has 0 radical (unpaired) electrons. The first kappa shape index (κ1) is 13.3. The van der Waals surface area contributed by atoms with Crippen molar-refractivity contribution in [3.63, 3.8) is 0 Å². The predicted octanol–water partition coefficient (Wildman–Crippen LogP) is 1.89. The normalized spacial score (nSPS) is 18.5. The fourth-order valence-electron chi connectivity index (χ4n) is 2.42. The molecule has 0 aliphatic carbocycles. The highest BCUT2D eigenvalue weighted by atomic mass is 16.2. The maximum Gasteiger partial charge on any atom is 0.251 e. The molecule has 4 nitrogen and oxygen atoms in total. The number of hydrogen-bond donors (Lipinski definition) is 1. The zero-order valence-electron chi connectivity index (χ0n) is 11.3. The van der Waals surface area contributed by atoms with Crippen molar-refractivity contribution in [2.75, 3.05) is 18.5 Å². The molecular formula is C15H18N2O2. The lowest BCUT2D eigenvalue weighted by atomic mass is 10.1. The molecule has 1 unspecified atom stereocenters. The van der Waals surface area contributed by atoms with E-state index in [1.54, 1.807) is 24.1 Å². The quantitative estimate of drug-likeness (QED) is 0.842. The summed E-state index contributed by atoms with van der Waals surface area (Å²) in [6.45, 7) is 6.25. The fourth-order valence-corrected chi connectivity index (χ4v) is 2.42. The Morgan fingerprint density at radius 2 is 2.26 bits per heavy atom. The Balaban J connectivity index is 2.38. The highest BCUT2D eigenvalue weighted by Gasteiger charge is 2.30. The van der Waals surface area contributed by atoms with Gasteiger partial charge in [0.05, 0.1) is 0 Å². The minimum Gasteiger partial charge on any atom is -0.355 e. The van der Waals surface area contributed by atoms with Gasteiger partial charge in [0.1, 0.15) is 0 Å². The molecule has 19 heavy (non-hydrogen) atoms. The fraction of sp³-hybridized carbons (Fsp3) is 0.333. The molecule has 0 saturated carbocycles. The average molecular weight is 258 g/mol. The first-order valence-corrected chi connectivity index (χ1v) is 6.33. The third-order valence-electron chi connectivity index (χ3n) is 3.56. The van der Waals surface area contributed by atoms with Gasteiger partial charge in [-0.3, -0.25) is 9.59 Å². The van der Waals surface area contributed by atoms with E-state index in [0.29, 0.717) is 18.5 Å². The second kappa shape index (κ2) is 5.26. The van der Waals surface area contributed by atoms with Crippen LogP contribution in [0.2, 0.25) is 0 Å². The van der Waals surface area contributed by atoms with Crippen molar-refractivity contribution in [3.8, 4) is 0 Å². The summed E-state index contributed by atoms with van der Waals surface area (Å²) in [5.74, 6) is 0.142. The lowest BCUT2D eigenvalue weighted by Crippen LogP contribution is -2.26. The van der Waals surface area contributed by atoms with Crippen molar-refractivity contribution in [2.45, 2.75) is 13.3 Å². The van der Waals surface area contributed by atoms with Crippen LogP contribution in [-0.4, -0.2) is 25.4 Å². The second-order valence-electron chi connectivity index (χ2n) is 4.73. The van der Waals surface area contributed by atoms with Gasteiger partial charge in [0, 0.05) is 37.2 Å². The molecule has 1 saturated heterocycles. The SMILES string of the molecule is C=CC1CC(=O)N(c2cccc(C(=O)NC)c2C)C1. The molecule has 1 atom stereocenters. The summed E-state index contributed by atoms with van der Waals surface area (Å²) in [5, 5.41) is 2.61. The summed E-state index contributed by atoms with van der Waals surface area (Å²) >= 11 is 0. The highest BCUT2D eigenvalue weighted by Crippen LogP contribution is 2.29. The number of benzene rings is 1. The van der Waals surface area contributed by atoms with Gasteiger partial charge in [0.25, 0.3) is 5.91 Å². The van der Waals surface area contributed by atoms with Crippen LogP contribution >= 0.6 is 0 Å². The van der Waals surface area contributed by atoms with E-state index < -0.39 is 0 Å². The summed E-state index contributed by atoms with van der Waals surface area (Å²) in [6, 6.07) is 5.45. The molecule has 4 heteroatoms. The lowest BCUT2D eigenvalue weighted by molar-refractivity contribution is -0.117. The van der Waals surface area contributed by atoms with Crippen molar-refractivity contribution in [1.82, 2.24) is 5.32 Å². The van der Waals surface area contributed by atoms with Gasteiger partial charge in [-0.1, -0.05) is 12.1 Å². The number of rotatable bonds is 3. The van der Waals surface area contributed by atoms with Crippen LogP contribution in [0.15, 0.2) is 30.9 Å². The summed E-state index contributed by atoms with van der Waals surface area (Å²) in [4.78, 5) is 25.5. The van der Waals surface area contributed by atoms with E-state index in [0.717, 1.165) is 11.3 Å². The van der Waals surface area contributed by atoms with Crippen molar-refractivity contribution < 1.29 is 9.59 Å². The predicted molar refractivity (Wildman–Crippen MR) is 75.2 cm³/mol. The molecule has 0 aromatic heterocycles. The Hall–Kier alpha value is -2.10. The molecule has 1 heterocycles. The summed E-state index contributed by atoms with van der Waals surface area (Å²) in [5.41, 5.74) is 2.25. The number of carbonyl (C=O) groups is 2. The average Bonchev–Trinajstić information content (AvgIpc) is 2.79. The molecule has 100 valence electrons. The molecule has 1 fully saturated rings. The van der Waals surface area contributed by atoms with Crippen LogP contribution in [0.4, 0.5) is 5.69 Å². The zero-order chi connectivity index (χ0) is 14.0. The molecular weight excluding hydrogens is 240 g/mol. The monoisotopic (exact) mass is 258 g/mol. The van der Waals surface area contributed by atoms with Gasteiger partial charge in [0.15, 0.2) is 0 Å². The molecule has 2 amide bonds. The number of amides is 2. The maximum absolute atomic E-state index is 12.0. The third-order valence-corrected chi connectivity index (χ3v) is 3.56. The van der Waals surface area contributed by atoms with Gasteiger partial charge in [-0.25, -0.2) is 0 Å². The van der Waals surface area contributed by atoms with E-state index in [4.69, 9.17) is 0 Å².